The van der Waals surface area contributed by atoms with Crippen molar-refractivity contribution in [3.05, 3.63) is 19.2 Å². The van der Waals surface area contributed by atoms with E-state index < -0.39 is 0 Å². The van der Waals surface area contributed by atoms with Crippen molar-refractivity contribution < 1.29 is 4.79 Å². The van der Waals surface area contributed by atoms with Crippen LogP contribution in [0.25, 0.3) is 0 Å². The van der Waals surface area contributed by atoms with Gasteiger partial charge in [-0.2, -0.15) is 0 Å². The number of nitrogens with two attached hydrogens (primary N) is 1. The van der Waals surface area contributed by atoms with E-state index >= 15 is 0 Å². The molecule has 1 aromatic heterocycles. The lowest BCUT2D eigenvalue weighted by molar-refractivity contribution is 0.0933. The fraction of sp³-hybridized carbons (Fsp3) is 0.500. The molecule has 16 heavy (non-hydrogen) atoms. The smallest absolute Gasteiger partial charge is 0.253 e. The van der Waals surface area contributed by atoms with Gasteiger partial charge in [-0.1, -0.05) is 0 Å². The lowest BCUT2D eigenvalue weighted by atomic mass is 10.2. The zero-order valence-electron chi connectivity index (χ0n) is 8.50. The number of hydrogen-bond acceptors (Lipinski definition) is 3. The van der Waals surface area contributed by atoms with Crippen LogP contribution in [0.4, 0.5) is 0 Å². The topological polar surface area (TPSA) is 55.1 Å². The molecule has 0 aliphatic heterocycles. The first-order chi connectivity index (χ1) is 7.61. The average Bonchev–Trinajstić information content (AvgIpc) is 3.01. The molecule has 1 aromatic rings. The molecule has 3 N–H and O–H groups in total. The molecule has 1 heterocycles. The van der Waals surface area contributed by atoms with Crippen LogP contribution in [0.3, 0.4) is 0 Å². The Bertz CT molecular complexity index is 404. The summed E-state index contributed by atoms with van der Waals surface area (Å²) in [6, 6.07) is 1.95. The zero-order chi connectivity index (χ0) is 11.7. The molecule has 6 heteroatoms. The highest BCUT2D eigenvalue weighted by molar-refractivity contribution is 9.12. The molecule has 1 fully saturated rings. The molecule has 0 saturated heterocycles. The van der Waals surface area contributed by atoms with Gasteiger partial charge >= 0.3 is 0 Å². The molecule has 1 atom stereocenters. The number of carbonyl (C=O) groups is 1. The molecule has 2 rings (SSSR count). The molecule has 1 saturated carbocycles. The largest absolute Gasteiger partial charge is 0.348 e. The van der Waals surface area contributed by atoms with Crippen molar-refractivity contribution in [2.75, 3.05) is 6.54 Å². The highest BCUT2D eigenvalue weighted by atomic mass is 79.9. The predicted octanol–water partition coefficient (Wildman–Crippen LogP) is 2.74. The van der Waals surface area contributed by atoms with E-state index in [0.29, 0.717) is 18.0 Å². The molecule has 1 amide bonds. The maximum absolute atomic E-state index is 12.0. The monoisotopic (exact) mass is 366 g/mol. The quantitative estimate of drug-likeness (QED) is 0.859. The third-order valence-electron chi connectivity index (χ3n) is 2.66. The summed E-state index contributed by atoms with van der Waals surface area (Å²) >= 11 is 8.24. The van der Waals surface area contributed by atoms with Crippen molar-refractivity contribution in [1.29, 1.82) is 0 Å². The molecule has 0 radical (unpaired) electrons. The minimum Gasteiger partial charge on any atom is -0.348 e. The van der Waals surface area contributed by atoms with E-state index in [-0.39, 0.29) is 11.9 Å². The first-order valence-electron chi connectivity index (χ1n) is 5.07. The first-order valence-corrected chi connectivity index (χ1v) is 7.48. The lowest BCUT2D eigenvalue weighted by Gasteiger charge is -2.15. The van der Waals surface area contributed by atoms with E-state index in [1.807, 2.05) is 6.07 Å². The third kappa shape index (κ3) is 2.85. The van der Waals surface area contributed by atoms with E-state index in [2.05, 4.69) is 37.2 Å². The van der Waals surface area contributed by atoms with Gasteiger partial charge in [0.2, 0.25) is 0 Å². The van der Waals surface area contributed by atoms with Gasteiger partial charge in [0.25, 0.3) is 5.91 Å². The molecule has 3 nitrogen and oxygen atoms in total. The predicted molar refractivity (Wildman–Crippen MR) is 72.8 cm³/mol. The van der Waals surface area contributed by atoms with Crippen molar-refractivity contribution in [3.8, 4) is 0 Å². The van der Waals surface area contributed by atoms with Gasteiger partial charge in [0.15, 0.2) is 0 Å². The Morgan fingerprint density at radius 3 is 2.75 bits per heavy atom. The fourth-order valence-corrected chi connectivity index (χ4v) is 4.40. The molecule has 0 spiro atoms. The normalized spacial score (nSPS) is 17.2. The van der Waals surface area contributed by atoms with Crippen LogP contribution >= 0.6 is 43.2 Å². The van der Waals surface area contributed by atoms with Crippen molar-refractivity contribution in [3.63, 3.8) is 0 Å². The first kappa shape index (κ1) is 12.5. The Morgan fingerprint density at radius 2 is 2.31 bits per heavy atom. The summed E-state index contributed by atoms with van der Waals surface area (Å²) in [5.41, 5.74) is 6.33. The SMILES string of the molecule is NCC(NC(=O)c1cc(Br)sc1Br)C1CC1. The number of rotatable bonds is 4. The van der Waals surface area contributed by atoms with E-state index in [9.17, 15) is 4.79 Å². The Labute approximate surface area is 115 Å². The van der Waals surface area contributed by atoms with Crippen LogP contribution in [-0.2, 0) is 0 Å². The summed E-state index contributed by atoms with van der Waals surface area (Å²) in [6.45, 7) is 0.513. The standard InChI is InChI=1S/C10H12Br2N2OS/c11-8-3-6(9(12)16-8)10(15)14-7(4-13)5-1-2-5/h3,5,7H,1-2,4,13H2,(H,14,15). The van der Waals surface area contributed by atoms with Gasteiger partial charge in [0, 0.05) is 12.6 Å². The second-order valence-corrected chi connectivity index (χ2v) is 7.64. The minimum atomic E-state index is -0.0452. The van der Waals surface area contributed by atoms with Gasteiger partial charge in [0.1, 0.15) is 0 Å². The second kappa shape index (κ2) is 5.16. The molecule has 0 aromatic carbocycles. The molecular formula is C10H12Br2N2OS. The Morgan fingerprint density at radius 1 is 1.62 bits per heavy atom. The summed E-state index contributed by atoms with van der Waals surface area (Å²) in [4.78, 5) is 12.0. The van der Waals surface area contributed by atoms with Crippen molar-refractivity contribution in [2.24, 2.45) is 11.7 Å². The van der Waals surface area contributed by atoms with E-state index in [4.69, 9.17) is 5.73 Å². The third-order valence-corrected chi connectivity index (χ3v) is 5.00. The van der Waals surface area contributed by atoms with Crippen molar-refractivity contribution >= 4 is 49.1 Å². The van der Waals surface area contributed by atoms with Gasteiger partial charge in [-0.3, -0.25) is 4.79 Å². The van der Waals surface area contributed by atoms with Gasteiger partial charge in [-0.25, -0.2) is 0 Å². The highest BCUT2D eigenvalue weighted by Gasteiger charge is 2.31. The van der Waals surface area contributed by atoms with Gasteiger partial charge in [0.05, 0.1) is 13.1 Å². The van der Waals surface area contributed by atoms with Crippen molar-refractivity contribution in [1.82, 2.24) is 5.32 Å². The van der Waals surface area contributed by atoms with Gasteiger partial charge < -0.3 is 11.1 Å². The second-order valence-electron chi connectivity index (χ2n) is 3.89. The Hall–Kier alpha value is 0.0900. The number of nitrogens with one attached hydrogen (secondary N) is 1. The summed E-state index contributed by atoms with van der Waals surface area (Å²) in [6.07, 6.45) is 2.35. The van der Waals surface area contributed by atoms with Crippen LogP contribution < -0.4 is 11.1 Å². The number of carbonyl (C=O) groups excluding carboxylic acids is 1. The zero-order valence-corrected chi connectivity index (χ0v) is 12.5. The van der Waals surface area contributed by atoms with E-state index in [1.54, 1.807) is 0 Å². The lowest BCUT2D eigenvalue weighted by Crippen LogP contribution is -2.41. The molecule has 88 valence electrons. The number of amides is 1. The van der Waals surface area contributed by atoms with Crippen LogP contribution in [0.2, 0.25) is 0 Å². The maximum atomic E-state index is 12.0. The highest BCUT2D eigenvalue weighted by Crippen LogP contribution is 2.34. The maximum Gasteiger partial charge on any atom is 0.253 e. The fourth-order valence-electron chi connectivity index (χ4n) is 1.61. The number of halogens is 2. The summed E-state index contributed by atoms with van der Waals surface area (Å²) < 4.78 is 1.80. The number of thiophene rings is 1. The Balaban J connectivity index is 2.04. The van der Waals surface area contributed by atoms with E-state index in [1.165, 1.54) is 24.2 Å². The summed E-state index contributed by atoms with van der Waals surface area (Å²) in [5, 5.41) is 2.99. The minimum absolute atomic E-state index is 0.0452. The molecule has 0 bridgehead atoms. The molecule has 1 unspecified atom stereocenters. The van der Waals surface area contributed by atoms with Crippen molar-refractivity contribution in [2.45, 2.75) is 18.9 Å². The molecule has 1 aliphatic carbocycles. The van der Waals surface area contributed by atoms with Crippen LogP contribution in [0.5, 0.6) is 0 Å². The average molecular weight is 368 g/mol. The van der Waals surface area contributed by atoms with E-state index in [0.717, 1.165) is 7.57 Å². The van der Waals surface area contributed by atoms with Gasteiger partial charge in [-0.05, 0) is 56.7 Å². The van der Waals surface area contributed by atoms with Gasteiger partial charge in [-0.15, -0.1) is 11.3 Å². The Kier molecular flexibility index (Phi) is 4.05. The molecular weight excluding hydrogens is 356 g/mol. The number of hydrogen-bond donors (Lipinski definition) is 2. The van der Waals surface area contributed by atoms with Crippen LogP contribution in [0.15, 0.2) is 13.6 Å². The summed E-state index contributed by atoms with van der Waals surface area (Å²) in [5.74, 6) is 0.533. The molecule has 1 aliphatic rings. The van der Waals surface area contributed by atoms with Crippen LogP contribution in [0, 0.1) is 5.92 Å². The summed E-state index contributed by atoms with van der Waals surface area (Å²) in [7, 11) is 0. The van der Waals surface area contributed by atoms with Crippen LogP contribution in [0.1, 0.15) is 23.2 Å². The van der Waals surface area contributed by atoms with Crippen LogP contribution in [-0.4, -0.2) is 18.5 Å².